The summed E-state index contributed by atoms with van der Waals surface area (Å²) in [6.07, 6.45) is 0. The van der Waals surface area contributed by atoms with Crippen molar-refractivity contribution >= 4 is 11.6 Å². The molecule has 1 saturated heterocycles. The first-order chi connectivity index (χ1) is 12.0. The van der Waals surface area contributed by atoms with Crippen LogP contribution in [0, 0.1) is 28.8 Å². The highest BCUT2D eigenvalue weighted by Crippen LogP contribution is 2.22. The van der Waals surface area contributed by atoms with Gasteiger partial charge in [0.05, 0.1) is 22.9 Å². The maximum absolute atomic E-state index is 14.1. The van der Waals surface area contributed by atoms with Gasteiger partial charge in [0.25, 0.3) is 5.91 Å². The molecule has 1 fully saturated rings. The molecule has 1 amide bonds. The molecule has 25 heavy (non-hydrogen) atoms. The summed E-state index contributed by atoms with van der Waals surface area (Å²) < 4.78 is 40.8. The van der Waals surface area contributed by atoms with Gasteiger partial charge >= 0.3 is 0 Å². The smallest absolute Gasteiger partial charge is 0.256 e. The number of piperazine rings is 1. The van der Waals surface area contributed by atoms with Crippen LogP contribution in [0.5, 0.6) is 0 Å². The monoisotopic (exact) mass is 345 g/mol. The van der Waals surface area contributed by atoms with Gasteiger partial charge in [-0.3, -0.25) is 4.79 Å². The molecular weight excluding hydrogens is 331 g/mol. The normalized spacial score (nSPS) is 14.3. The fraction of sp³-hybridized carbons (Fsp3) is 0.222. The van der Waals surface area contributed by atoms with E-state index in [1.807, 2.05) is 6.07 Å². The molecule has 0 unspecified atom stereocenters. The molecule has 128 valence electrons. The Morgan fingerprint density at radius 3 is 2.28 bits per heavy atom. The predicted octanol–water partition coefficient (Wildman–Crippen LogP) is 2.94. The second-order valence-corrected chi connectivity index (χ2v) is 5.68. The Labute approximate surface area is 142 Å². The molecular formula is C18H14F3N3O. The van der Waals surface area contributed by atoms with E-state index in [0.717, 1.165) is 12.1 Å². The molecule has 4 nitrogen and oxygen atoms in total. The average molecular weight is 345 g/mol. The third-order valence-electron chi connectivity index (χ3n) is 4.15. The maximum Gasteiger partial charge on any atom is 0.256 e. The molecule has 2 aromatic carbocycles. The van der Waals surface area contributed by atoms with Gasteiger partial charge in [-0.25, -0.2) is 13.2 Å². The van der Waals surface area contributed by atoms with E-state index in [1.165, 1.54) is 23.1 Å². The highest BCUT2D eigenvalue weighted by atomic mass is 19.1. The van der Waals surface area contributed by atoms with Crippen LogP contribution in [-0.4, -0.2) is 37.0 Å². The highest BCUT2D eigenvalue weighted by molar-refractivity contribution is 5.94. The lowest BCUT2D eigenvalue weighted by molar-refractivity contribution is 0.0742. The highest BCUT2D eigenvalue weighted by Gasteiger charge is 2.25. The molecule has 7 heteroatoms. The van der Waals surface area contributed by atoms with E-state index in [0.29, 0.717) is 24.8 Å². The number of halogens is 3. The zero-order valence-corrected chi connectivity index (χ0v) is 13.2. The van der Waals surface area contributed by atoms with Crippen LogP contribution < -0.4 is 4.90 Å². The molecule has 1 heterocycles. The predicted molar refractivity (Wildman–Crippen MR) is 85.6 cm³/mol. The van der Waals surface area contributed by atoms with Crippen molar-refractivity contribution < 1.29 is 18.0 Å². The van der Waals surface area contributed by atoms with E-state index in [1.54, 1.807) is 4.90 Å². The van der Waals surface area contributed by atoms with Gasteiger partial charge in [-0.2, -0.15) is 5.26 Å². The lowest BCUT2D eigenvalue weighted by Gasteiger charge is -2.36. The summed E-state index contributed by atoms with van der Waals surface area (Å²) in [5, 5.41) is 8.78. The van der Waals surface area contributed by atoms with E-state index in [4.69, 9.17) is 5.26 Å². The average Bonchev–Trinajstić information content (AvgIpc) is 2.61. The Hall–Kier alpha value is -3.01. The number of hydrogen-bond acceptors (Lipinski definition) is 3. The lowest BCUT2D eigenvalue weighted by atomic mass is 10.1. The fourth-order valence-electron chi connectivity index (χ4n) is 2.82. The fourth-order valence-corrected chi connectivity index (χ4v) is 2.82. The summed E-state index contributed by atoms with van der Waals surface area (Å²) in [4.78, 5) is 15.6. The number of benzene rings is 2. The number of carbonyl (C=O) groups is 1. The summed E-state index contributed by atoms with van der Waals surface area (Å²) in [5.41, 5.74) is 0.417. The summed E-state index contributed by atoms with van der Waals surface area (Å²) >= 11 is 0. The maximum atomic E-state index is 14.1. The molecule has 0 radical (unpaired) electrons. The molecule has 0 bridgehead atoms. The number of nitriles is 1. The van der Waals surface area contributed by atoms with Crippen LogP contribution in [0.25, 0.3) is 0 Å². The van der Waals surface area contributed by atoms with Crippen LogP contribution in [0.4, 0.5) is 18.9 Å². The van der Waals surface area contributed by atoms with Crippen molar-refractivity contribution in [3.8, 4) is 6.07 Å². The molecule has 3 rings (SSSR count). The molecule has 0 spiro atoms. The molecule has 0 aliphatic carbocycles. The van der Waals surface area contributed by atoms with Crippen LogP contribution in [-0.2, 0) is 0 Å². The Kier molecular flexibility index (Phi) is 4.61. The third-order valence-corrected chi connectivity index (χ3v) is 4.15. The van der Waals surface area contributed by atoms with Crippen molar-refractivity contribution in [1.82, 2.24) is 4.90 Å². The van der Waals surface area contributed by atoms with Gasteiger partial charge < -0.3 is 9.80 Å². The van der Waals surface area contributed by atoms with Crippen molar-refractivity contribution in [3.05, 3.63) is 65.0 Å². The summed E-state index contributed by atoms with van der Waals surface area (Å²) in [5.74, 6) is -2.65. The van der Waals surface area contributed by atoms with Gasteiger partial charge in [0.2, 0.25) is 0 Å². The van der Waals surface area contributed by atoms with Crippen molar-refractivity contribution in [2.45, 2.75) is 0 Å². The standard InChI is InChI=1S/C18H14F3N3O/c19-13-2-3-14(15(20)10-13)18(25)24-7-5-23(6-8-24)17-4-1-12(11-22)9-16(17)21/h1-4,9-10H,5-8H2. The number of carbonyl (C=O) groups excluding carboxylic acids is 1. The van der Waals surface area contributed by atoms with Gasteiger partial charge in [-0.15, -0.1) is 0 Å². The van der Waals surface area contributed by atoms with Crippen LogP contribution >= 0.6 is 0 Å². The number of hydrogen-bond donors (Lipinski definition) is 0. The van der Waals surface area contributed by atoms with Gasteiger partial charge in [-0.1, -0.05) is 0 Å². The number of rotatable bonds is 2. The van der Waals surface area contributed by atoms with Crippen LogP contribution in [0.2, 0.25) is 0 Å². The van der Waals surface area contributed by atoms with E-state index < -0.39 is 23.4 Å². The Morgan fingerprint density at radius 2 is 1.68 bits per heavy atom. The minimum absolute atomic E-state index is 0.181. The van der Waals surface area contributed by atoms with Crippen LogP contribution in [0.15, 0.2) is 36.4 Å². The number of nitrogens with zero attached hydrogens (tertiary/aromatic N) is 3. The zero-order valence-electron chi connectivity index (χ0n) is 13.2. The SMILES string of the molecule is N#Cc1ccc(N2CCN(C(=O)c3ccc(F)cc3F)CC2)c(F)c1. The first kappa shape index (κ1) is 16.8. The van der Waals surface area contributed by atoms with Crippen molar-refractivity contribution in [2.24, 2.45) is 0 Å². The molecule has 0 saturated carbocycles. The number of amides is 1. The second-order valence-electron chi connectivity index (χ2n) is 5.68. The second kappa shape index (κ2) is 6.85. The lowest BCUT2D eigenvalue weighted by Crippen LogP contribution is -2.49. The molecule has 2 aromatic rings. The van der Waals surface area contributed by atoms with Gasteiger partial charge in [0.15, 0.2) is 0 Å². The van der Waals surface area contributed by atoms with Gasteiger partial charge in [0.1, 0.15) is 17.5 Å². The summed E-state index contributed by atoms with van der Waals surface area (Å²) in [6, 6.07) is 8.95. The van der Waals surface area contributed by atoms with E-state index in [-0.39, 0.29) is 24.2 Å². The molecule has 1 aliphatic rings. The minimum Gasteiger partial charge on any atom is -0.366 e. The quantitative estimate of drug-likeness (QED) is 0.841. The van der Waals surface area contributed by atoms with Gasteiger partial charge in [-0.05, 0) is 30.3 Å². The van der Waals surface area contributed by atoms with Crippen molar-refractivity contribution in [3.63, 3.8) is 0 Å². The number of anilines is 1. The van der Waals surface area contributed by atoms with Crippen molar-refractivity contribution in [1.29, 1.82) is 5.26 Å². The van der Waals surface area contributed by atoms with Crippen LogP contribution in [0.1, 0.15) is 15.9 Å². The molecule has 0 N–H and O–H groups in total. The third kappa shape index (κ3) is 3.43. The van der Waals surface area contributed by atoms with E-state index in [9.17, 15) is 18.0 Å². The van der Waals surface area contributed by atoms with E-state index >= 15 is 0 Å². The Bertz CT molecular complexity index is 855. The van der Waals surface area contributed by atoms with Gasteiger partial charge in [0, 0.05) is 32.2 Å². The molecule has 0 atom stereocenters. The minimum atomic E-state index is -0.898. The zero-order chi connectivity index (χ0) is 18.0. The van der Waals surface area contributed by atoms with Crippen LogP contribution in [0.3, 0.4) is 0 Å². The van der Waals surface area contributed by atoms with E-state index in [2.05, 4.69) is 0 Å². The topological polar surface area (TPSA) is 47.3 Å². The summed E-state index contributed by atoms with van der Waals surface area (Å²) in [6.45, 7) is 1.32. The molecule has 0 aromatic heterocycles. The summed E-state index contributed by atoms with van der Waals surface area (Å²) in [7, 11) is 0. The molecule has 1 aliphatic heterocycles. The largest absolute Gasteiger partial charge is 0.366 e. The Morgan fingerprint density at radius 1 is 0.960 bits per heavy atom. The first-order valence-electron chi connectivity index (χ1n) is 7.68. The van der Waals surface area contributed by atoms with Crippen molar-refractivity contribution in [2.75, 3.05) is 31.1 Å². The first-order valence-corrected chi connectivity index (χ1v) is 7.68. The Balaban J connectivity index is 1.69.